The third-order valence-corrected chi connectivity index (χ3v) is 7.29. The molecule has 0 atom stereocenters. The van der Waals surface area contributed by atoms with Gasteiger partial charge in [-0.1, -0.05) is 42.5 Å². The van der Waals surface area contributed by atoms with Gasteiger partial charge in [0.05, 0.1) is 19.3 Å². The first-order chi connectivity index (χ1) is 17.1. The molecular weight excluding hydrogens is 443 g/mol. The van der Waals surface area contributed by atoms with Gasteiger partial charge in [0, 0.05) is 36.3 Å². The van der Waals surface area contributed by atoms with Crippen LogP contribution in [0.15, 0.2) is 54.6 Å². The predicted molar refractivity (Wildman–Crippen MR) is 134 cm³/mol. The van der Waals surface area contributed by atoms with Gasteiger partial charge in [0.15, 0.2) is 0 Å². The SMILES string of the molecule is Nc1nc(F)c(-c2ccc(C3=CCN(C4COC4)CC3)cc2)cc1-c1ccc2c(c1)CCNC2=O. The van der Waals surface area contributed by atoms with Gasteiger partial charge in [0.2, 0.25) is 5.95 Å². The number of hydrogen-bond acceptors (Lipinski definition) is 5. The van der Waals surface area contributed by atoms with Crippen LogP contribution < -0.4 is 11.1 Å². The second-order valence-corrected chi connectivity index (χ2v) is 9.38. The Labute approximate surface area is 203 Å². The summed E-state index contributed by atoms with van der Waals surface area (Å²) in [6.45, 7) is 4.24. The van der Waals surface area contributed by atoms with Gasteiger partial charge in [-0.05, 0) is 52.8 Å². The summed E-state index contributed by atoms with van der Waals surface area (Å²) in [5, 5.41) is 2.85. The second kappa shape index (κ2) is 8.91. The van der Waals surface area contributed by atoms with Crippen LogP contribution in [-0.4, -0.2) is 54.7 Å². The summed E-state index contributed by atoms with van der Waals surface area (Å²) in [7, 11) is 0. The number of nitrogens with zero attached hydrogens (tertiary/aromatic N) is 2. The van der Waals surface area contributed by atoms with Gasteiger partial charge in [-0.25, -0.2) is 4.98 Å². The Morgan fingerprint density at radius 2 is 1.74 bits per heavy atom. The highest BCUT2D eigenvalue weighted by atomic mass is 19.1. The number of amides is 1. The fourth-order valence-corrected chi connectivity index (χ4v) is 5.11. The zero-order chi connectivity index (χ0) is 23.9. The Morgan fingerprint density at radius 3 is 2.46 bits per heavy atom. The zero-order valence-corrected chi connectivity index (χ0v) is 19.4. The van der Waals surface area contributed by atoms with Crippen LogP contribution in [0.5, 0.6) is 0 Å². The molecular formula is C28H27FN4O2. The average Bonchev–Trinajstić information content (AvgIpc) is 2.84. The highest BCUT2D eigenvalue weighted by Crippen LogP contribution is 2.34. The molecule has 3 N–H and O–H groups in total. The van der Waals surface area contributed by atoms with E-state index in [4.69, 9.17) is 10.5 Å². The van der Waals surface area contributed by atoms with E-state index in [1.807, 2.05) is 24.3 Å². The summed E-state index contributed by atoms with van der Waals surface area (Å²) in [5.41, 5.74) is 12.9. The van der Waals surface area contributed by atoms with Crippen molar-refractivity contribution in [2.75, 3.05) is 38.6 Å². The summed E-state index contributed by atoms with van der Waals surface area (Å²) in [4.78, 5) is 18.6. The van der Waals surface area contributed by atoms with E-state index in [1.165, 1.54) is 5.57 Å². The maximum atomic E-state index is 14.9. The molecule has 4 heterocycles. The quantitative estimate of drug-likeness (QED) is 0.565. The van der Waals surface area contributed by atoms with Gasteiger partial charge in [-0.15, -0.1) is 0 Å². The van der Waals surface area contributed by atoms with E-state index in [-0.39, 0.29) is 11.7 Å². The number of halogens is 1. The van der Waals surface area contributed by atoms with Crippen molar-refractivity contribution in [3.8, 4) is 22.3 Å². The smallest absolute Gasteiger partial charge is 0.251 e. The molecule has 3 aromatic rings. The van der Waals surface area contributed by atoms with Gasteiger partial charge in [-0.3, -0.25) is 9.69 Å². The highest BCUT2D eigenvalue weighted by Gasteiger charge is 2.27. The van der Waals surface area contributed by atoms with E-state index in [9.17, 15) is 9.18 Å². The zero-order valence-electron chi connectivity index (χ0n) is 19.4. The molecule has 0 aliphatic carbocycles. The number of pyridine rings is 1. The van der Waals surface area contributed by atoms with E-state index in [2.05, 4.69) is 33.4 Å². The molecule has 0 radical (unpaired) electrons. The van der Waals surface area contributed by atoms with Crippen molar-refractivity contribution in [1.29, 1.82) is 0 Å². The van der Waals surface area contributed by atoms with Gasteiger partial charge in [-0.2, -0.15) is 4.39 Å². The molecule has 6 nitrogen and oxygen atoms in total. The number of rotatable bonds is 4. The molecule has 2 aromatic carbocycles. The molecule has 178 valence electrons. The number of nitrogens with one attached hydrogen (secondary N) is 1. The topological polar surface area (TPSA) is 80.5 Å². The standard InChI is InChI=1S/C28H27FN4O2/c29-26-24(14-25(27(30)32-26)20-5-6-23-21(13-20)7-10-31-28(23)34)19-3-1-17(2-4-19)18-8-11-33(12-9-18)22-15-35-16-22/h1-6,8,13-14,22H,7,9-12,15-16H2,(H2,30,32)(H,31,34). The lowest BCUT2D eigenvalue weighted by Crippen LogP contribution is -2.50. The van der Waals surface area contributed by atoms with Gasteiger partial charge in [0.1, 0.15) is 5.82 Å². The molecule has 0 bridgehead atoms. The van der Waals surface area contributed by atoms with Crippen molar-refractivity contribution < 1.29 is 13.9 Å². The fourth-order valence-electron chi connectivity index (χ4n) is 5.11. The van der Waals surface area contributed by atoms with Crippen molar-refractivity contribution in [3.05, 3.63) is 77.2 Å². The van der Waals surface area contributed by atoms with Crippen molar-refractivity contribution in [2.24, 2.45) is 0 Å². The van der Waals surface area contributed by atoms with E-state index >= 15 is 0 Å². The number of aromatic nitrogens is 1. The summed E-state index contributed by atoms with van der Waals surface area (Å²) >= 11 is 0. The number of anilines is 1. The van der Waals surface area contributed by atoms with E-state index in [0.717, 1.165) is 61.4 Å². The lowest BCUT2D eigenvalue weighted by atomic mass is 9.93. The van der Waals surface area contributed by atoms with Crippen LogP contribution in [0.3, 0.4) is 0 Å². The minimum atomic E-state index is -0.591. The maximum absolute atomic E-state index is 14.9. The number of ether oxygens (including phenoxy) is 1. The number of fused-ring (bicyclic) bond motifs is 1. The lowest BCUT2D eigenvalue weighted by Gasteiger charge is -2.38. The molecule has 3 aliphatic heterocycles. The fraction of sp³-hybridized carbons (Fsp3) is 0.286. The molecule has 0 unspecified atom stereocenters. The third-order valence-electron chi connectivity index (χ3n) is 7.29. The molecule has 3 aliphatic rings. The Hall–Kier alpha value is -3.55. The molecule has 0 saturated carbocycles. The van der Waals surface area contributed by atoms with Crippen molar-refractivity contribution in [3.63, 3.8) is 0 Å². The maximum Gasteiger partial charge on any atom is 0.251 e. The number of nitrogens with two attached hydrogens (primary N) is 1. The third kappa shape index (κ3) is 4.11. The number of nitrogen functional groups attached to an aromatic ring is 1. The van der Waals surface area contributed by atoms with E-state index in [0.29, 0.717) is 29.3 Å². The summed E-state index contributed by atoms with van der Waals surface area (Å²) in [5.74, 6) is -0.523. The van der Waals surface area contributed by atoms with Gasteiger partial charge < -0.3 is 15.8 Å². The molecule has 35 heavy (non-hydrogen) atoms. The highest BCUT2D eigenvalue weighted by molar-refractivity contribution is 5.97. The first-order valence-electron chi connectivity index (χ1n) is 12.1. The lowest BCUT2D eigenvalue weighted by molar-refractivity contribution is -0.0612. The van der Waals surface area contributed by atoms with Crippen LogP contribution in [0.25, 0.3) is 27.8 Å². The summed E-state index contributed by atoms with van der Waals surface area (Å²) < 4.78 is 20.2. The average molecular weight is 471 g/mol. The van der Waals surface area contributed by atoms with Crippen LogP contribution >= 0.6 is 0 Å². The van der Waals surface area contributed by atoms with Crippen LogP contribution in [-0.2, 0) is 11.2 Å². The largest absolute Gasteiger partial charge is 0.383 e. The Balaban J connectivity index is 1.27. The van der Waals surface area contributed by atoms with Crippen LogP contribution in [0, 0.1) is 5.95 Å². The number of carbonyl (C=O) groups is 1. The number of hydrogen-bond donors (Lipinski definition) is 2. The van der Waals surface area contributed by atoms with E-state index < -0.39 is 5.95 Å². The first kappa shape index (κ1) is 21.9. The number of carbonyl (C=O) groups excluding carboxylic acids is 1. The molecule has 1 aromatic heterocycles. The van der Waals surface area contributed by atoms with Crippen molar-refractivity contribution in [2.45, 2.75) is 18.9 Å². The summed E-state index contributed by atoms with van der Waals surface area (Å²) in [6.07, 6.45) is 4.03. The molecule has 0 spiro atoms. The molecule has 1 amide bonds. The predicted octanol–water partition coefficient (Wildman–Crippen LogP) is 3.91. The Kier molecular flexibility index (Phi) is 5.59. The monoisotopic (exact) mass is 470 g/mol. The van der Waals surface area contributed by atoms with Crippen molar-refractivity contribution >= 4 is 17.3 Å². The minimum absolute atomic E-state index is 0.0679. The summed E-state index contributed by atoms with van der Waals surface area (Å²) in [6, 6.07) is 15.9. The van der Waals surface area contributed by atoms with Crippen molar-refractivity contribution in [1.82, 2.24) is 15.2 Å². The number of benzene rings is 2. The van der Waals surface area contributed by atoms with Gasteiger partial charge in [0.25, 0.3) is 5.91 Å². The molecule has 1 fully saturated rings. The molecule has 7 heteroatoms. The van der Waals surface area contributed by atoms with Crippen LogP contribution in [0.4, 0.5) is 10.2 Å². The molecule has 6 rings (SSSR count). The molecule has 1 saturated heterocycles. The minimum Gasteiger partial charge on any atom is -0.383 e. The second-order valence-electron chi connectivity index (χ2n) is 9.38. The van der Waals surface area contributed by atoms with Crippen LogP contribution in [0.2, 0.25) is 0 Å². The van der Waals surface area contributed by atoms with Crippen LogP contribution in [0.1, 0.15) is 27.9 Å². The Bertz CT molecular complexity index is 1330. The normalized spacial score (nSPS) is 18.4. The Morgan fingerprint density at radius 1 is 0.971 bits per heavy atom. The van der Waals surface area contributed by atoms with Gasteiger partial charge >= 0.3 is 0 Å². The van der Waals surface area contributed by atoms with E-state index in [1.54, 1.807) is 12.1 Å². The first-order valence-corrected chi connectivity index (χ1v) is 12.1.